The zero-order valence-corrected chi connectivity index (χ0v) is 13.0. The third-order valence-corrected chi connectivity index (χ3v) is 4.91. The van der Waals surface area contributed by atoms with Crippen LogP contribution in [0.2, 0.25) is 0 Å². The van der Waals surface area contributed by atoms with Crippen LogP contribution in [-0.2, 0) is 4.79 Å². The number of hydrogen-bond acceptors (Lipinski definition) is 2. The van der Waals surface area contributed by atoms with Gasteiger partial charge in [-0.1, -0.05) is 19.8 Å². The van der Waals surface area contributed by atoms with Gasteiger partial charge in [0.2, 0.25) is 0 Å². The molecule has 0 aromatic rings. The summed E-state index contributed by atoms with van der Waals surface area (Å²) in [4.78, 5) is 24.7. The van der Waals surface area contributed by atoms with Crippen LogP contribution in [0.25, 0.3) is 0 Å². The average Bonchev–Trinajstić information content (AvgIpc) is 2.89. The maximum absolute atomic E-state index is 12.2. The van der Waals surface area contributed by atoms with E-state index in [1.54, 1.807) is 4.90 Å². The van der Waals surface area contributed by atoms with E-state index in [1.165, 1.54) is 25.7 Å². The van der Waals surface area contributed by atoms with Crippen LogP contribution in [0.15, 0.2) is 0 Å². The van der Waals surface area contributed by atoms with Crippen LogP contribution in [-0.4, -0.2) is 41.1 Å². The van der Waals surface area contributed by atoms with Gasteiger partial charge in [0.05, 0.1) is 0 Å². The van der Waals surface area contributed by atoms with Crippen molar-refractivity contribution in [2.45, 2.75) is 64.3 Å². The lowest BCUT2D eigenvalue weighted by Gasteiger charge is -2.30. The zero-order chi connectivity index (χ0) is 15.2. The lowest BCUT2D eigenvalue weighted by Crippen LogP contribution is -2.45. The lowest BCUT2D eigenvalue weighted by atomic mass is 9.83. The highest BCUT2D eigenvalue weighted by molar-refractivity contribution is 5.75. The monoisotopic (exact) mass is 296 g/mol. The number of likely N-dealkylation sites (tertiary alicyclic amines) is 1. The first-order chi connectivity index (χ1) is 10.1. The Morgan fingerprint density at radius 2 is 1.86 bits per heavy atom. The molecule has 5 nitrogen and oxygen atoms in total. The summed E-state index contributed by atoms with van der Waals surface area (Å²) in [7, 11) is 0. The summed E-state index contributed by atoms with van der Waals surface area (Å²) in [6.45, 7) is 3.51. The van der Waals surface area contributed by atoms with Gasteiger partial charge in [-0.2, -0.15) is 0 Å². The molecule has 2 N–H and O–H groups in total. The van der Waals surface area contributed by atoms with E-state index in [-0.39, 0.29) is 18.4 Å². The van der Waals surface area contributed by atoms with Crippen LogP contribution in [0, 0.1) is 11.8 Å². The summed E-state index contributed by atoms with van der Waals surface area (Å²) in [5.41, 5.74) is 0. The first-order valence-electron chi connectivity index (χ1n) is 8.35. The molecule has 1 saturated heterocycles. The molecule has 2 aliphatic rings. The summed E-state index contributed by atoms with van der Waals surface area (Å²) in [6, 6.07) is 0.311. The van der Waals surface area contributed by atoms with E-state index < -0.39 is 5.97 Å². The van der Waals surface area contributed by atoms with Crippen molar-refractivity contribution in [3.05, 3.63) is 0 Å². The minimum atomic E-state index is -0.767. The largest absolute Gasteiger partial charge is 0.481 e. The summed E-state index contributed by atoms with van der Waals surface area (Å²) in [5, 5.41) is 11.9. The topological polar surface area (TPSA) is 69.6 Å². The highest BCUT2D eigenvalue weighted by Gasteiger charge is 2.29. The van der Waals surface area contributed by atoms with Crippen molar-refractivity contribution in [2.24, 2.45) is 11.8 Å². The van der Waals surface area contributed by atoms with Gasteiger partial charge in [0.1, 0.15) is 0 Å². The highest BCUT2D eigenvalue weighted by atomic mass is 16.4. The Morgan fingerprint density at radius 3 is 2.48 bits per heavy atom. The molecule has 21 heavy (non-hydrogen) atoms. The van der Waals surface area contributed by atoms with E-state index in [0.717, 1.165) is 25.2 Å². The molecule has 120 valence electrons. The number of carboxylic acids is 1. The number of carboxylic acid groups (broad SMARTS) is 1. The molecule has 1 aliphatic carbocycles. The lowest BCUT2D eigenvalue weighted by molar-refractivity contribution is -0.138. The Morgan fingerprint density at radius 1 is 1.14 bits per heavy atom. The molecular weight excluding hydrogens is 268 g/mol. The fraction of sp³-hybridized carbons (Fsp3) is 0.875. The van der Waals surface area contributed by atoms with Crippen molar-refractivity contribution in [3.63, 3.8) is 0 Å². The Balaban J connectivity index is 1.69. The van der Waals surface area contributed by atoms with E-state index >= 15 is 0 Å². The molecule has 0 aromatic heterocycles. The Hall–Kier alpha value is -1.26. The third-order valence-electron chi connectivity index (χ3n) is 4.91. The molecule has 1 heterocycles. The Bertz CT molecular complexity index is 365. The second-order valence-electron chi connectivity index (χ2n) is 6.65. The van der Waals surface area contributed by atoms with Gasteiger partial charge in [-0.15, -0.1) is 0 Å². The maximum atomic E-state index is 12.2. The molecule has 5 heteroatoms. The first kappa shape index (κ1) is 16.1. The number of nitrogens with one attached hydrogen (secondary N) is 1. The fourth-order valence-electron chi connectivity index (χ4n) is 3.70. The van der Waals surface area contributed by atoms with E-state index in [9.17, 15) is 9.59 Å². The second-order valence-corrected chi connectivity index (χ2v) is 6.65. The molecule has 0 radical (unpaired) electrons. The van der Waals surface area contributed by atoms with E-state index in [1.807, 2.05) is 0 Å². The molecular formula is C16H28N2O3. The van der Waals surface area contributed by atoms with Gasteiger partial charge in [0.15, 0.2) is 0 Å². The molecule has 2 amide bonds. The fourth-order valence-corrected chi connectivity index (χ4v) is 3.70. The third kappa shape index (κ3) is 4.90. The predicted molar refractivity (Wildman–Crippen MR) is 81.1 cm³/mol. The van der Waals surface area contributed by atoms with Crippen LogP contribution in [0.5, 0.6) is 0 Å². The van der Waals surface area contributed by atoms with Crippen molar-refractivity contribution in [2.75, 3.05) is 13.1 Å². The van der Waals surface area contributed by atoms with Crippen LogP contribution in [0.1, 0.15) is 58.3 Å². The molecule has 0 aromatic carbocycles. The summed E-state index contributed by atoms with van der Waals surface area (Å²) in [6.07, 6.45) is 8.16. The normalized spacial score (nSPS) is 29.4. The molecule has 1 atom stereocenters. The van der Waals surface area contributed by atoms with Crippen molar-refractivity contribution < 1.29 is 14.7 Å². The quantitative estimate of drug-likeness (QED) is 0.819. The smallest absolute Gasteiger partial charge is 0.317 e. The number of carbonyl (C=O) groups excluding carboxylic acids is 1. The van der Waals surface area contributed by atoms with Gasteiger partial charge in [0.25, 0.3) is 0 Å². The van der Waals surface area contributed by atoms with E-state index in [0.29, 0.717) is 19.1 Å². The molecule has 1 aliphatic heterocycles. The highest BCUT2D eigenvalue weighted by Crippen LogP contribution is 2.28. The molecule has 1 unspecified atom stereocenters. The standard InChI is InChI=1S/C16H28N2O3/c1-2-3-12-4-6-14(7-5-12)17-16(21)18-9-8-13(11-18)10-15(19)20/h12-14H,2-11H2,1H3,(H,17,21)(H,19,20). The van der Waals surface area contributed by atoms with E-state index in [2.05, 4.69) is 12.2 Å². The van der Waals surface area contributed by atoms with Crippen molar-refractivity contribution in [3.8, 4) is 0 Å². The minimum Gasteiger partial charge on any atom is -0.481 e. The predicted octanol–water partition coefficient (Wildman–Crippen LogP) is 2.85. The van der Waals surface area contributed by atoms with Crippen molar-refractivity contribution in [1.29, 1.82) is 0 Å². The molecule has 1 saturated carbocycles. The van der Waals surface area contributed by atoms with Crippen LogP contribution >= 0.6 is 0 Å². The van der Waals surface area contributed by atoms with Crippen molar-refractivity contribution in [1.82, 2.24) is 10.2 Å². The van der Waals surface area contributed by atoms with Gasteiger partial charge in [0, 0.05) is 25.6 Å². The van der Waals surface area contributed by atoms with Gasteiger partial charge in [-0.05, 0) is 43.9 Å². The number of hydrogen-bond donors (Lipinski definition) is 2. The molecule has 0 bridgehead atoms. The first-order valence-corrected chi connectivity index (χ1v) is 8.35. The second kappa shape index (κ2) is 7.66. The maximum Gasteiger partial charge on any atom is 0.317 e. The molecule has 2 fully saturated rings. The SMILES string of the molecule is CCCC1CCC(NC(=O)N2CCC(CC(=O)O)C2)CC1. The summed E-state index contributed by atoms with van der Waals surface area (Å²) in [5.74, 6) is 0.194. The number of rotatable bonds is 5. The number of urea groups is 1. The van der Waals surface area contributed by atoms with Crippen LogP contribution in [0.4, 0.5) is 4.79 Å². The number of nitrogens with zero attached hydrogens (tertiary/aromatic N) is 1. The number of aliphatic carboxylic acids is 1. The zero-order valence-electron chi connectivity index (χ0n) is 13.0. The Kier molecular flexibility index (Phi) is 5.88. The number of amides is 2. The van der Waals surface area contributed by atoms with Crippen molar-refractivity contribution >= 4 is 12.0 Å². The average molecular weight is 296 g/mol. The van der Waals surface area contributed by atoms with Crippen LogP contribution < -0.4 is 5.32 Å². The van der Waals surface area contributed by atoms with Gasteiger partial charge in [-0.3, -0.25) is 4.79 Å². The van der Waals surface area contributed by atoms with Gasteiger partial charge in [-0.25, -0.2) is 4.79 Å². The number of carbonyl (C=O) groups is 2. The summed E-state index contributed by atoms with van der Waals surface area (Å²) < 4.78 is 0. The molecule has 0 spiro atoms. The van der Waals surface area contributed by atoms with Crippen LogP contribution in [0.3, 0.4) is 0 Å². The minimum absolute atomic E-state index is 0.00169. The van der Waals surface area contributed by atoms with Gasteiger partial charge >= 0.3 is 12.0 Å². The van der Waals surface area contributed by atoms with Gasteiger partial charge < -0.3 is 15.3 Å². The van der Waals surface area contributed by atoms with E-state index in [4.69, 9.17) is 5.11 Å². The molecule has 2 rings (SSSR count). The Labute approximate surface area is 127 Å². The summed E-state index contributed by atoms with van der Waals surface area (Å²) >= 11 is 0.